The molecule has 2 aromatic carbocycles. The third-order valence-electron chi connectivity index (χ3n) is 6.61. The van der Waals surface area contributed by atoms with Crippen molar-refractivity contribution in [1.82, 2.24) is 9.62 Å². The Balaban J connectivity index is 1.41. The maximum atomic E-state index is 13.5. The summed E-state index contributed by atoms with van der Waals surface area (Å²) in [4.78, 5) is 24.5. The molecular weight excluding hydrogens is 484 g/mol. The molecule has 5 rings (SSSR count). The minimum Gasteiger partial charge on any atom is -0.486 e. The fourth-order valence-corrected chi connectivity index (χ4v) is 6.02. The molecule has 1 atom stereocenters. The lowest BCUT2D eigenvalue weighted by atomic mass is 9.99. The van der Waals surface area contributed by atoms with Gasteiger partial charge in [0.05, 0.1) is 10.8 Å². The van der Waals surface area contributed by atoms with Gasteiger partial charge in [0.1, 0.15) is 13.2 Å². The lowest BCUT2D eigenvalue weighted by Crippen LogP contribution is -2.44. The first-order chi connectivity index (χ1) is 17.3. The van der Waals surface area contributed by atoms with E-state index < -0.39 is 21.8 Å². The number of carbonyl (C=O) groups excluding carboxylic acids is 2. The topological polar surface area (TPSA) is 140 Å². The van der Waals surface area contributed by atoms with Gasteiger partial charge in [0.15, 0.2) is 11.5 Å². The predicted molar refractivity (Wildman–Crippen MR) is 132 cm³/mol. The Bertz CT molecular complexity index is 1280. The van der Waals surface area contributed by atoms with E-state index in [1.807, 2.05) is 18.2 Å². The zero-order valence-electron chi connectivity index (χ0n) is 19.9. The van der Waals surface area contributed by atoms with Crippen LogP contribution < -0.4 is 25.8 Å². The van der Waals surface area contributed by atoms with Crippen LogP contribution in [0, 0.1) is 5.92 Å². The maximum Gasteiger partial charge on any atom is 0.251 e. The van der Waals surface area contributed by atoms with Crippen LogP contribution in [0.1, 0.15) is 41.6 Å². The fourth-order valence-electron chi connectivity index (χ4n) is 4.42. The molecule has 2 aromatic rings. The highest BCUT2D eigenvalue weighted by Crippen LogP contribution is 2.32. The van der Waals surface area contributed by atoms with Crippen LogP contribution >= 0.6 is 0 Å². The Morgan fingerprint density at radius 2 is 1.81 bits per heavy atom. The second kappa shape index (κ2) is 9.98. The number of hydrogen-bond acceptors (Lipinski definition) is 7. The smallest absolute Gasteiger partial charge is 0.251 e. The van der Waals surface area contributed by atoms with Crippen LogP contribution in [0.25, 0.3) is 0 Å². The van der Waals surface area contributed by atoms with Gasteiger partial charge in [-0.1, -0.05) is 6.07 Å². The number of hydrogen-bond donors (Lipinski definition) is 3. The van der Waals surface area contributed by atoms with Gasteiger partial charge in [-0.15, -0.1) is 0 Å². The summed E-state index contributed by atoms with van der Waals surface area (Å²) in [6.07, 6.45) is 2.94. The molecule has 192 valence electrons. The van der Waals surface area contributed by atoms with Crippen molar-refractivity contribution in [1.29, 1.82) is 0 Å². The molecular formula is C25H30N4O6S. The van der Waals surface area contributed by atoms with Gasteiger partial charge in [0, 0.05) is 36.9 Å². The van der Waals surface area contributed by atoms with Crippen LogP contribution in [0.2, 0.25) is 0 Å². The van der Waals surface area contributed by atoms with Gasteiger partial charge >= 0.3 is 0 Å². The van der Waals surface area contributed by atoms with Crippen molar-refractivity contribution in [2.75, 3.05) is 31.6 Å². The molecule has 0 spiro atoms. The van der Waals surface area contributed by atoms with Crippen molar-refractivity contribution < 1.29 is 27.5 Å². The Labute approximate surface area is 210 Å². The van der Waals surface area contributed by atoms with E-state index in [1.165, 1.54) is 16.4 Å². The van der Waals surface area contributed by atoms with Crippen LogP contribution in [0.5, 0.6) is 11.5 Å². The Hall–Kier alpha value is -3.31. The molecule has 0 radical (unpaired) electrons. The lowest BCUT2D eigenvalue weighted by Gasteiger charge is -2.30. The third-order valence-corrected chi connectivity index (χ3v) is 8.45. The number of benzene rings is 2. The van der Waals surface area contributed by atoms with Gasteiger partial charge in [-0.05, 0) is 61.6 Å². The number of piperidine rings is 1. The second-order valence-corrected chi connectivity index (χ2v) is 11.4. The largest absolute Gasteiger partial charge is 0.486 e. The van der Waals surface area contributed by atoms with Crippen LogP contribution in [-0.4, -0.2) is 56.9 Å². The minimum absolute atomic E-state index is 0.000687. The molecule has 2 amide bonds. The SMILES string of the molecule is NC(=O)C1CCCN(S(=O)(=O)c2cc(NCc3ccc4c(c3)OCCO4)cc(C(=O)NC3CC3)c2)C1. The van der Waals surface area contributed by atoms with Crippen molar-refractivity contribution in [3.05, 3.63) is 47.5 Å². The number of nitrogens with one attached hydrogen (secondary N) is 2. The first kappa shape index (κ1) is 24.4. The molecule has 2 fully saturated rings. The van der Waals surface area contributed by atoms with Gasteiger partial charge in [0.2, 0.25) is 15.9 Å². The number of sulfonamides is 1. The number of primary amides is 1. The zero-order valence-corrected chi connectivity index (χ0v) is 20.7. The molecule has 1 aliphatic carbocycles. The predicted octanol–water partition coefficient (Wildman–Crippen LogP) is 1.85. The summed E-state index contributed by atoms with van der Waals surface area (Å²) in [7, 11) is -3.95. The zero-order chi connectivity index (χ0) is 25.3. The highest BCUT2D eigenvalue weighted by Gasteiger charge is 2.33. The molecule has 4 N–H and O–H groups in total. The number of nitrogens with two attached hydrogens (primary N) is 1. The van der Waals surface area contributed by atoms with Crippen LogP contribution in [-0.2, 0) is 21.4 Å². The van der Waals surface area contributed by atoms with E-state index in [9.17, 15) is 18.0 Å². The summed E-state index contributed by atoms with van der Waals surface area (Å²) in [6.45, 7) is 1.71. The van der Waals surface area contributed by atoms with Gasteiger partial charge in [-0.25, -0.2) is 8.42 Å². The standard InChI is InChI=1S/C25H30N4O6S/c26-24(30)17-2-1-7-29(15-17)36(32,33)21-12-18(25(31)28-19-4-5-19)11-20(13-21)27-14-16-3-6-22-23(10-16)35-9-8-34-22/h3,6,10-13,17,19,27H,1-2,4-5,7-9,14-15H2,(H2,26,30)(H,28,31). The molecule has 2 heterocycles. The van der Waals surface area contributed by atoms with Gasteiger partial charge in [0.25, 0.3) is 5.91 Å². The molecule has 2 aliphatic heterocycles. The number of rotatable bonds is 8. The highest BCUT2D eigenvalue weighted by molar-refractivity contribution is 7.89. The van der Waals surface area contributed by atoms with E-state index in [0.717, 1.165) is 18.4 Å². The van der Waals surface area contributed by atoms with Gasteiger partial charge in [-0.3, -0.25) is 9.59 Å². The van der Waals surface area contributed by atoms with E-state index in [2.05, 4.69) is 10.6 Å². The van der Waals surface area contributed by atoms with E-state index in [1.54, 1.807) is 6.07 Å². The Morgan fingerprint density at radius 3 is 2.56 bits per heavy atom. The van der Waals surface area contributed by atoms with Crippen molar-refractivity contribution >= 4 is 27.5 Å². The average molecular weight is 515 g/mol. The number of amides is 2. The molecule has 0 aromatic heterocycles. The minimum atomic E-state index is -3.95. The van der Waals surface area contributed by atoms with Crippen LogP contribution in [0.4, 0.5) is 5.69 Å². The number of nitrogens with zero attached hydrogens (tertiary/aromatic N) is 1. The summed E-state index contributed by atoms with van der Waals surface area (Å²) in [6, 6.07) is 10.3. The van der Waals surface area contributed by atoms with Crippen LogP contribution in [0.15, 0.2) is 41.3 Å². The third kappa shape index (κ3) is 5.41. The number of anilines is 1. The van der Waals surface area contributed by atoms with Crippen molar-refractivity contribution in [2.24, 2.45) is 11.7 Å². The van der Waals surface area contributed by atoms with E-state index >= 15 is 0 Å². The molecule has 10 nitrogen and oxygen atoms in total. The molecule has 3 aliphatic rings. The lowest BCUT2D eigenvalue weighted by molar-refractivity contribution is -0.122. The molecule has 1 saturated carbocycles. The van der Waals surface area contributed by atoms with Crippen LogP contribution in [0.3, 0.4) is 0 Å². The van der Waals surface area contributed by atoms with Crippen molar-refractivity contribution in [3.8, 4) is 11.5 Å². The summed E-state index contributed by atoms with van der Waals surface area (Å²) in [5, 5.41) is 6.16. The summed E-state index contributed by atoms with van der Waals surface area (Å²) in [5.74, 6) is 0.00547. The maximum absolute atomic E-state index is 13.5. The summed E-state index contributed by atoms with van der Waals surface area (Å²) in [5.41, 5.74) is 7.12. The number of ether oxygens (including phenoxy) is 2. The number of fused-ring (bicyclic) bond motifs is 1. The van der Waals surface area contributed by atoms with E-state index in [0.29, 0.717) is 56.3 Å². The normalized spacial score (nSPS) is 19.9. The molecule has 11 heteroatoms. The van der Waals surface area contributed by atoms with E-state index in [4.69, 9.17) is 15.2 Å². The number of carbonyl (C=O) groups is 2. The second-order valence-electron chi connectivity index (χ2n) is 9.43. The first-order valence-electron chi connectivity index (χ1n) is 12.2. The van der Waals surface area contributed by atoms with Crippen molar-refractivity contribution in [3.63, 3.8) is 0 Å². The molecule has 1 unspecified atom stereocenters. The highest BCUT2D eigenvalue weighted by atomic mass is 32.2. The molecule has 36 heavy (non-hydrogen) atoms. The summed E-state index contributed by atoms with van der Waals surface area (Å²) < 4.78 is 39.6. The van der Waals surface area contributed by atoms with Gasteiger partial charge in [-0.2, -0.15) is 4.31 Å². The Kier molecular flexibility index (Phi) is 6.76. The molecule has 0 bridgehead atoms. The molecule has 1 saturated heterocycles. The first-order valence-corrected chi connectivity index (χ1v) is 13.6. The van der Waals surface area contributed by atoms with E-state index in [-0.39, 0.29) is 29.0 Å². The average Bonchev–Trinajstić information content (AvgIpc) is 3.71. The quantitative estimate of drug-likeness (QED) is 0.488. The monoisotopic (exact) mass is 514 g/mol. The fraction of sp³-hybridized carbons (Fsp3) is 0.440. The van der Waals surface area contributed by atoms with Crippen molar-refractivity contribution in [2.45, 2.75) is 43.2 Å². The van der Waals surface area contributed by atoms with Gasteiger partial charge < -0.3 is 25.8 Å². The summed E-state index contributed by atoms with van der Waals surface area (Å²) >= 11 is 0. The Morgan fingerprint density at radius 1 is 1.03 bits per heavy atom.